The highest BCUT2D eigenvalue weighted by Crippen LogP contribution is 2.37. The van der Waals surface area contributed by atoms with Crippen LogP contribution in [0.5, 0.6) is 0 Å². The van der Waals surface area contributed by atoms with E-state index < -0.39 is 22.4 Å². The van der Waals surface area contributed by atoms with Crippen LogP contribution >= 0.6 is 0 Å². The lowest BCUT2D eigenvalue weighted by molar-refractivity contribution is -0.384. The lowest BCUT2D eigenvalue weighted by atomic mass is 9.95. The Bertz CT molecular complexity index is 1100. The molecule has 2 N–H and O–H groups in total. The number of nitro benzene ring substituents is 1. The van der Waals surface area contributed by atoms with Crippen molar-refractivity contribution in [2.24, 2.45) is 5.92 Å². The van der Waals surface area contributed by atoms with Crippen LogP contribution in [0.3, 0.4) is 0 Å². The highest BCUT2D eigenvalue weighted by atomic mass is 19.4. The molecule has 0 radical (unpaired) electrons. The van der Waals surface area contributed by atoms with Crippen LogP contribution in [0.15, 0.2) is 36.4 Å². The minimum Gasteiger partial charge on any atom is -0.366 e. The Morgan fingerprint density at radius 2 is 1.82 bits per heavy atom. The predicted octanol–water partition coefficient (Wildman–Crippen LogP) is 4.53. The first-order valence-corrected chi connectivity index (χ1v) is 10.8. The Kier molecular flexibility index (Phi) is 7.43. The average molecular weight is 478 g/mol. The van der Waals surface area contributed by atoms with Gasteiger partial charge in [-0.2, -0.15) is 13.2 Å². The van der Waals surface area contributed by atoms with Gasteiger partial charge in [0.15, 0.2) is 0 Å². The maximum Gasteiger partial charge on any atom is 0.416 e. The fourth-order valence-electron chi connectivity index (χ4n) is 3.89. The van der Waals surface area contributed by atoms with E-state index in [1.54, 1.807) is 30.0 Å². The zero-order valence-electron chi connectivity index (χ0n) is 18.7. The highest BCUT2D eigenvalue weighted by Gasteiger charge is 2.35. The molecule has 3 rings (SSSR count). The van der Waals surface area contributed by atoms with E-state index in [1.165, 1.54) is 0 Å². The van der Waals surface area contributed by atoms with Gasteiger partial charge in [-0.05, 0) is 56.5 Å². The van der Waals surface area contributed by atoms with Gasteiger partial charge in [0.1, 0.15) is 5.69 Å². The second-order valence-electron chi connectivity index (χ2n) is 8.10. The monoisotopic (exact) mass is 478 g/mol. The molecule has 0 saturated carbocycles. The number of benzene rings is 2. The predicted molar refractivity (Wildman–Crippen MR) is 121 cm³/mol. The molecule has 0 atom stereocenters. The Balaban J connectivity index is 1.69. The minimum atomic E-state index is -4.68. The van der Waals surface area contributed by atoms with Crippen LogP contribution in [0.2, 0.25) is 0 Å². The van der Waals surface area contributed by atoms with Gasteiger partial charge in [-0.15, -0.1) is 0 Å². The van der Waals surface area contributed by atoms with Gasteiger partial charge < -0.3 is 15.5 Å². The van der Waals surface area contributed by atoms with Crippen molar-refractivity contribution in [1.29, 1.82) is 0 Å². The molecule has 1 saturated heterocycles. The summed E-state index contributed by atoms with van der Waals surface area (Å²) in [7, 11) is 0. The highest BCUT2D eigenvalue weighted by molar-refractivity contribution is 5.98. The second-order valence-corrected chi connectivity index (χ2v) is 8.10. The summed E-state index contributed by atoms with van der Waals surface area (Å²) in [4.78, 5) is 37.1. The molecule has 1 aliphatic rings. The van der Waals surface area contributed by atoms with E-state index in [4.69, 9.17) is 0 Å². The van der Waals surface area contributed by atoms with Crippen molar-refractivity contribution in [2.45, 2.75) is 32.9 Å². The summed E-state index contributed by atoms with van der Waals surface area (Å²) in [5.74, 6) is -0.862. The number of hydrogen-bond donors (Lipinski definition) is 2. The number of nitro groups is 1. The van der Waals surface area contributed by atoms with E-state index in [9.17, 15) is 32.9 Å². The topological polar surface area (TPSA) is 105 Å². The van der Waals surface area contributed by atoms with Crippen LogP contribution in [-0.4, -0.2) is 36.4 Å². The number of carbonyl (C=O) groups excluding carboxylic acids is 2. The van der Waals surface area contributed by atoms with Gasteiger partial charge in [0.2, 0.25) is 5.91 Å². The third kappa shape index (κ3) is 5.64. The fourth-order valence-corrected chi connectivity index (χ4v) is 3.89. The summed E-state index contributed by atoms with van der Waals surface area (Å²) in [6.07, 6.45) is -3.93. The number of halogens is 3. The van der Waals surface area contributed by atoms with Gasteiger partial charge >= 0.3 is 6.18 Å². The molecule has 1 fully saturated rings. The molecule has 0 aromatic heterocycles. The Morgan fingerprint density at radius 3 is 2.41 bits per heavy atom. The standard InChI is InChI=1S/C23H25F3N4O4/c1-3-27-21(31)16-5-4-14(2)18(12-16)28-22(32)15-8-10-29(11-9-15)19-7-6-17(23(24,25)26)13-20(19)30(33)34/h4-7,12-13,15H,3,8-11H2,1-2H3,(H,27,31)(H,28,32). The number of carbonyl (C=O) groups is 2. The molecule has 11 heteroatoms. The van der Waals surface area contributed by atoms with Crippen LogP contribution in [0, 0.1) is 23.0 Å². The fraction of sp³-hybridized carbons (Fsp3) is 0.391. The molecule has 0 aliphatic carbocycles. The third-order valence-electron chi connectivity index (χ3n) is 5.80. The summed E-state index contributed by atoms with van der Waals surface area (Å²) in [5, 5.41) is 16.9. The van der Waals surface area contributed by atoms with Crippen molar-refractivity contribution in [2.75, 3.05) is 29.9 Å². The number of rotatable bonds is 6. The molecule has 0 spiro atoms. The number of piperidine rings is 1. The van der Waals surface area contributed by atoms with Crippen molar-refractivity contribution in [3.8, 4) is 0 Å². The van der Waals surface area contributed by atoms with Crippen molar-refractivity contribution in [3.63, 3.8) is 0 Å². The van der Waals surface area contributed by atoms with Crippen molar-refractivity contribution < 1.29 is 27.7 Å². The van der Waals surface area contributed by atoms with Crippen molar-refractivity contribution in [3.05, 3.63) is 63.2 Å². The van der Waals surface area contributed by atoms with Crippen molar-refractivity contribution in [1.82, 2.24) is 5.32 Å². The third-order valence-corrected chi connectivity index (χ3v) is 5.80. The molecular formula is C23H25F3N4O4. The largest absolute Gasteiger partial charge is 0.416 e. The number of nitrogens with zero attached hydrogens (tertiary/aromatic N) is 2. The first-order valence-electron chi connectivity index (χ1n) is 10.8. The Hall–Kier alpha value is -3.63. The number of hydrogen-bond acceptors (Lipinski definition) is 5. The molecule has 1 aliphatic heterocycles. The molecule has 182 valence electrons. The van der Waals surface area contributed by atoms with Gasteiger partial charge in [-0.25, -0.2) is 0 Å². The van der Waals surface area contributed by atoms with Crippen LogP contribution in [-0.2, 0) is 11.0 Å². The summed E-state index contributed by atoms with van der Waals surface area (Å²) in [6.45, 7) is 4.65. The molecule has 2 aromatic rings. The molecule has 2 aromatic carbocycles. The summed E-state index contributed by atoms with van der Waals surface area (Å²) >= 11 is 0. The molecule has 0 unspecified atom stereocenters. The van der Waals surface area contributed by atoms with Gasteiger partial charge in [0.05, 0.1) is 10.5 Å². The zero-order valence-corrected chi connectivity index (χ0v) is 18.7. The summed E-state index contributed by atoms with van der Waals surface area (Å²) < 4.78 is 38.9. The van der Waals surface area contributed by atoms with E-state index in [-0.39, 0.29) is 36.5 Å². The van der Waals surface area contributed by atoms with E-state index in [1.807, 2.05) is 6.92 Å². The van der Waals surface area contributed by atoms with Crippen LogP contribution < -0.4 is 15.5 Å². The minimum absolute atomic E-state index is 0.0994. The number of nitrogens with one attached hydrogen (secondary N) is 2. The van der Waals surface area contributed by atoms with Gasteiger partial charge in [0.25, 0.3) is 11.6 Å². The first-order chi connectivity index (χ1) is 16.0. The Morgan fingerprint density at radius 1 is 1.15 bits per heavy atom. The van der Waals surface area contributed by atoms with E-state index in [0.717, 1.165) is 17.7 Å². The molecule has 1 heterocycles. The normalized spacial score (nSPS) is 14.6. The quantitative estimate of drug-likeness (QED) is 0.469. The summed E-state index contributed by atoms with van der Waals surface area (Å²) in [6, 6.07) is 7.50. The van der Waals surface area contributed by atoms with E-state index >= 15 is 0 Å². The lowest BCUT2D eigenvalue weighted by Crippen LogP contribution is -2.38. The number of amides is 2. The van der Waals surface area contributed by atoms with Gasteiger partial charge in [-0.1, -0.05) is 6.07 Å². The SMILES string of the molecule is CCNC(=O)c1ccc(C)c(NC(=O)C2CCN(c3ccc(C(F)(F)F)cc3[N+](=O)[O-])CC2)c1. The van der Waals surface area contributed by atoms with Gasteiger partial charge in [-0.3, -0.25) is 19.7 Å². The van der Waals surface area contributed by atoms with Crippen LogP contribution in [0.1, 0.15) is 41.3 Å². The zero-order chi connectivity index (χ0) is 25.0. The van der Waals surface area contributed by atoms with Crippen molar-refractivity contribution >= 4 is 28.9 Å². The van der Waals surface area contributed by atoms with Crippen LogP contribution in [0.25, 0.3) is 0 Å². The lowest BCUT2D eigenvalue weighted by Gasteiger charge is -2.32. The molecule has 2 amide bonds. The Labute approximate surface area is 194 Å². The van der Waals surface area contributed by atoms with Gasteiger partial charge in [0, 0.05) is 42.9 Å². The number of aryl methyl sites for hydroxylation is 1. The molecule has 0 bridgehead atoms. The van der Waals surface area contributed by atoms with E-state index in [0.29, 0.717) is 36.7 Å². The van der Waals surface area contributed by atoms with E-state index in [2.05, 4.69) is 10.6 Å². The summed E-state index contributed by atoms with van der Waals surface area (Å²) in [5.41, 5.74) is 0.140. The maximum absolute atomic E-state index is 13.0. The smallest absolute Gasteiger partial charge is 0.366 e. The van der Waals surface area contributed by atoms with Crippen LogP contribution in [0.4, 0.5) is 30.2 Å². The number of anilines is 2. The second kappa shape index (κ2) is 10.1. The first kappa shape index (κ1) is 25.0. The molecular weight excluding hydrogens is 453 g/mol. The maximum atomic E-state index is 13.0. The molecule has 34 heavy (non-hydrogen) atoms. The average Bonchev–Trinajstić information content (AvgIpc) is 2.79. The molecule has 8 nitrogen and oxygen atoms in total. The number of alkyl halides is 3.